The molecule has 0 saturated carbocycles. The summed E-state index contributed by atoms with van der Waals surface area (Å²) in [6.45, 7) is 1.49. The van der Waals surface area contributed by atoms with Crippen LogP contribution in [-0.4, -0.2) is 29.2 Å². The van der Waals surface area contributed by atoms with E-state index in [-0.39, 0.29) is 24.6 Å². The van der Waals surface area contributed by atoms with Gasteiger partial charge in [-0.1, -0.05) is 0 Å². The minimum absolute atomic E-state index is 0.0331. The van der Waals surface area contributed by atoms with E-state index in [1.165, 1.54) is 23.2 Å². The molecule has 0 N–H and O–H groups in total. The second kappa shape index (κ2) is 5.65. The van der Waals surface area contributed by atoms with Crippen LogP contribution >= 0.6 is 0 Å². The summed E-state index contributed by atoms with van der Waals surface area (Å²) in [7, 11) is 0. The van der Waals surface area contributed by atoms with Gasteiger partial charge in [0.05, 0.1) is 11.3 Å². The van der Waals surface area contributed by atoms with Crippen LogP contribution in [0.1, 0.15) is 13.3 Å². The third kappa shape index (κ3) is 3.86. The Labute approximate surface area is 101 Å². The highest BCUT2D eigenvalue weighted by Gasteiger charge is 2.29. The zero-order valence-electron chi connectivity index (χ0n) is 9.65. The van der Waals surface area contributed by atoms with Crippen molar-refractivity contribution in [1.82, 2.24) is 4.98 Å². The molecule has 1 rings (SSSR count). The Balaban J connectivity index is 2.91. The maximum atomic E-state index is 12.1. The lowest BCUT2D eigenvalue weighted by Crippen LogP contribution is -2.29. The number of halogens is 3. The molecule has 18 heavy (non-hydrogen) atoms. The molecular weight excluding hydrogens is 251 g/mol. The first kappa shape index (κ1) is 14.2. The summed E-state index contributed by atoms with van der Waals surface area (Å²) in [6.07, 6.45) is -4.01. The average molecular weight is 263 g/mol. The summed E-state index contributed by atoms with van der Waals surface area (Å²) in [5.41, 5.74) is -0.290. The predicted molar refractivity (Wildman–Crippen MR) is 59.5 cm³/mol. The van der Waals surface area contributed by atoms with Gasteiger partial charge in [0.2, 0.25) is 5.82 Å². The van der Waals surface area contributed by atoms with Crippen molar-refractivity contribution in [1.29, 1.82) is 0 Å². The van der Waals surface area contributed by atoms with Crippen LogP contribution in [0.5, 0.6) is 0 Å². The van der Waals surface area contributed by atoms with E-state index in [1.54, 1.807) is 6.92 Å². The first-order valence-electron chi connectivity index (χ1n) is 5.26. The third-order valence-corrected chi connectivity index (χ3v) is 2.31. The summed E-state index contributed by atoms with van der Waals surface area (Å²) >= 11 is 0. The minimum Gasteiger partial charge on any atom is -0.351 e. The largest absolute Gasteiger partial charge is 0.390 e. The number of anilines is 1. The molecule has 0 unspecified atom stereocenters. The molecule has 1 heterocycles. The number of aromatic nitrogens is 1. The lowest BCUT2D eigenvalue weighted by atomic mass is 10.3. The standard InChI is InChI=1S/C10H12F3N3O2/c1-2-15(7-5-10(11,12)13)9-8(16(17)18)4-3-6-14-9/h3-4,6H,2,5,7H2,1H3. The van der Waals surface area contributed by atoms with Crippen LogP contribution in [0, 0.1) is 10.1 Å². The molecule has 8 heteroatoms. The number of hydrogen-bond donors (Lipinski definition) is 0. The maximum Gasteiger partial charge on any atom is 0.390 e. The lowest BCUT2D eigenvalue weighted by molar-refractivity contribution is -0.384. The molecule has 0 amide bonds. The van der Waals surface area contributed by atoms with Gasteiger partial charge in [0.25, 0.3) is 0 Å². The molecule has 0 aromatic carbocycles. The van der Waals surface area contributed by atoms with E-state index >= 15 is 0 Å². The summed E-state index contributed by atoms with van der Waals surface area (Å²) in [6, 6.07) is 2.60. The van der Waals surface area contributed by atoms with E-state index in [4.69, 9.17) is 0 Å². The highest BCUT2D eigenvalue weighted by Crippen LogP contribution is 2.27. The molecule has 1 aromatic heterocycles. The minimum atomic E-state index is -4.29. The Kier molecular flexibility index (Phi) is 4.46. The molecule has 0 atom stereocenters. The Morgan fingerprint density at radius 2 is 2.17 bits per heavy atom. The lowest BCUT2D eigenvalue weighted by Gasteiger charge is -2.22. The normalized spacial score (nSPS) is 11.3. The average Bonchev–Trinajstić information content (AvgIpc) is 2.28. The molecular formula is C10H12F3N3O2. The molecule has 0 radical (unpaired) electrons. The van der Waals surface area contributed by atoms with Crippen LogP contribution in [0.4, 0.5) is 24.7 Å². The van der Waals surface area contributed by atoms with Crippen molar-refractivity contribution < 1.29 is 18.1 Å². The SMILES string of the molecule is CCN(CCC(F)(F)F)c1ncccc1[N+](=O)[O-]. The number of hydrogen-bond acceptors (Lipinski definition) is 4. The first-order valence-corrected chi connectivity index (χ1v) is 5.26. The Morgan fingerprint density at radius 3 is 2.67 bits per heavy atom. The Bertz CT molecular complexity index is 423. The van der Waals surface area contributed by atoms with Crippen molar-refractivity contribution in [3.8, 4) is 0 Å². The van der Waals surface area contributed by atoms with Gasteiger partial charge in [-0.05, 0) is 13.0 Å². The van der Waals surface area contributed by atoms with Crippen molar-refractivity contribution in [2.75, 3.05) is 18.0 Å². The van der Waals surface area contributed by atoms with Gasteiger partial charge in [0.1, 0.15) is 0 Å². The molecule has 1 aromatic rings. The second-order valence-corrected chi connectivity index (χ2v) is 3.55. The maximum absolute atomic E-state index is 12.1. The monoisotopic (exact) mass is 263 g/mol. The number of pyridine rings is 1. The van der Waals surface area contributed by atoms with Crippen LogP contribution in [0.2, 0.25) is 0 Å². The fourth-order valence-electron chi connectivity index (χ4n) is 1.45. The van der Waals surface area contributed by atoms with Gasteiger partial charge in [0.15, 0.2) is 0 Å². The van der Waals surface area contributed by atoms with E-state index in [0.717, 1.165) is 0 Å². The van der Waals surface area contributed by atoms with Gasteiger partial charge >= 0.3 is 11.9 Å². The molecule has 0 aliphatic carbocycles. The van der Waals surface area contributed by atoms with E-state index in [0.29, 0.717) is 0 Å². The zero-order valence-corrected chi connectivity index (χ0v) is 9.65. The van der Waals surface area contributed by atoms with E-state index in [2.05, 4.69) is 4.98 Å². The van der Waals surface area contributed by atoms with Crippen LogP contribution in [0.25, 0.3) is 0 Å². The molecule has 0 fully saturated rings. The molecule has 0 spiro atoms. The zero-order chi connectivity index (χ0) is 13.8. The summed E-state index contributed by atoms with van der Waals surface area (Å²) in [5, 5.41) is 10.8. The van der Waals surface area contributed by atoms with Gasteiger partial charge in [-0.3, -0.25) is 10.1 Å². The van der Waals surface area contributed by atoms with E-state index < -0.39 is 17.5 Å². The first-order chi connectivity index (χ1) is 8.35. The van der Waals surface area contributed by atoms with Crippen molar-refractivity contribution in [2.45, 2.75) is 19.5 Å². The van der Waals surface area contributed by atoms with Crippen molar-refractivity contribution >= 4 is 11.5 Å². The molecule has 0 saturated heterocycles. The smallest absolute Gasteiger partial charge is 0.351 e. The quantitative estimate of drug-likeness (QED) is 0.605. The predicted octanol–water partition coefficient (Wildman–Crippen LogP) is 2.77. The highest BCUT2D eigenvalue weighted by atomic mass is 19.4. The Hall–Kier alpha value is -1.86. The summed E-state index contributed by atoms with van der Waals surface area (Å²) < 4.78 is 36.4. The fourth-order valence-corrected chi connectivity index (χ4v) is 1.45. The number of nitrogens with zero attached hydrogens (tertiary/aromatic N) is 3. The van der Waals surface area contributed by atoms with Crippen molar-refractivity contribution in [3.63, 3.8) is 0 Å². The van der Waals surface area contributed by atoms with Crippen molar-refractivity contribution in [2.24, 2.45) is 0 Å². The number of alkyl halides is 3. The van der Waals surface area contributed by atoms with Gasteiger partial charge in [0, 0.05) is 25.4 Å². The summed E-state index contributed by atoms with van der Waals surface area (Å²) in [4.78, 5) is 15.1. The molecule has 0 bridgehead atoms. The molecule has 0 aliphatic heterocycles. The summed E-state index contributed by atoms with van der Waals surface area (Å²) in [5.74, 6) is -0.0331. The molecule has 0 aliphatic rings. The van der Waals surface area contributed by atoms with Crippen LogP contribution < -0.4 is 4.90 Å². The van der Waals surface area contributed by atoms with Gasteiger partial charge < -0.3 is 4.90 Å². The topological polar surface area (TPSA) is 59.3 Å². The number of nitro groups is 1. The van der Waals surface area contributed by atoms with E-state index in [9.17, 15) is 23.3 Å². The molecule has 100 valence electrons. The van der Waals surface area contributed by atoms with E-state index in [1.807, 2.05) is 0 Å². The van der Waals surface area contributed by atoms with Gasteiger partial charge in [-0.15, -0.1) is 0 Å². The van der Waals surface area contributed by atoms with Crippen LogP contribution in [0.15, 0.2) is 18.3 Å². The van der Waals surface area contributed by atoms with Gasteiger partial charge in [-0.25, -0.2) is 4.98 Å². The van der Waals surface area contributed by atoms with Crippen molar-refractivity contribution in [3.05, 3.63) is 28.4 Å². The Morgan fingerprint density at radius 1 is 1.50 bits per heavy atom. The highest BCUT2D eigenvalue weighted by molar-refractivity contribution is 5.57. The number of rotatable bonds is 5. The molecule has 5 nitrogen and oxygen atoms in total. The van der Waals surface area contributed by atoms with Gasteiger partial charge in [-0.2, -0.15) is 13.2 Å². The fraction of sp³-hybridized carbons (Fsp3) is 0.500. The van der Waals surface area contributed by atoms with Crippen LogP contribution in [0.3, 0.4) is 0 Å². The van der Waals surface area contributed by atoms with Crippen LogP contribution in [-0.2, 0) is 0 Å². The second-order valence-electron chi connectivity index (χ2n) is 3.55. The third-order valence-electron chi connectivity index (χ3n) is 2.31.